The molecule has 3 nitrogen and oxygen atoms in total. The van der Waals surface area contributed by atoms with Crippen LogP contribution in [0.1, 0.15) is 57.5 Å². The van der Waals surface area contributed by atoms with Gasteiger partial charge in [0.25, 0.3) is 0 Å². The predicted molar refractivity (Wildman–Crippen MR) is 73.1 cm³/mol. The smallest absolute Gasteiger partial charge is 0.0597 e. The van der Waals surface area contributed by atoms with E-state index in [-0.39, 0.29) is 0 Å². The molecule has 1 rings (SSSR count). The summed E-state index contributed by atoms with van der Waals surface area (Å²) in [5, 5.41) is 8.04. The average Bonchev–Trinajstić information content (AvgIpc) is 2.64. The fourth-order valence-electron chi connectivity index (χ4n) is 2.47. The van der Waals surface area contributed by atoms with Crippen molar-refractivity contribution in [2.75, 3.05) is 6.54 Å². The summed E-state index contributed by atoms with van der Waals surface area (Å²) in [4.78, 5) is 0. The number of hydrogen-bond donors (Lipinski definition) is 1. The van der Waals surface area contributed by atoms with Crippen LogP contribution in [0, 0.1) is 12.8 Å². The number of hydrogen-bond acceptors (Lipinski definition) is 2. The van der Waals surface area contributed by atoms with Crippen LogP contribution >= 0.6 is 0 Å². The number of nitrogens with one attached hydrogen (secondary N) is 1. The first-order valence-corrected chi connectivity index (χ1v) is 6.86. The standard InChI is InChI=1S/C14H27N3/c1-6-12(7-2)10-13(15-8-3)14-9-11(4)16-17(14)5/h9,12-13,15H,6-8,10H2,1-5H3. The molecule has 0 aliphatic rings. The summed E-state index contributed by atoms with van der Waals surface area (Å²) in [6.07, 6.45) is 3.73. The van der Waals surface area contributed by atoms with Crippen molar-refractivity contribution < 1.29 is 0 Å². The van der Waals surface area contributed by atoms with E-state index in [0.717, 1.165) is 18.2 Å². The van der Waals surface area contributed by atoms with Gasteiger partial charge in [-0.3, -0.25) is 4.68 Å². The maximum Gasteiger partial charge on any atom is 0.0597 e. The van der Waals surface area contributed by atoms with E-state index in [4.69, 9.17) is 0 Å². The molecule has 17 heavy (non-hydrogen) atoms. The first kappa shape index (κ1) is 14.2. The van der Waals surface area contributed by atoms with E-state index in [1.165, 1.54) is 25.0 Å². The molecule has 3 heteroatoms. The molecule has 98 valence electrons. The molecule has 1 atom stereocenters. The largest absolute Gasteiger partial charge is 0.309 e. The van der Waals surface area contributed by atoms with Crippen LogP contribution in [-0.4, -0.2) is 16.3 Å². The van der Waals surface area contributed by atoms with E-state index in [2.05, 4.69) is 44.2 Å². The monoisotopic (exact) mass is 237 g/mol. The second kappa shape index (κ2) is 6.80. The van der Waals surface area contributed by atoms with Crippen LogP contribution < -0.4 is 5.32 Å². The van der Waals surface area contributed by atoms with Gasteiger partial charge in [0.1, 0.15) is 0 Å². The Morgan fingerprint density at radius 1 is 1.29 bits per heavy atom. The van der Waals surface area contributed by atoms with Gasteiger partial charge in [0.2, 0.25) is 0 Å². The minimum Gasteiger partial charge on any atom is -0.309 e. The minimum atomic E-state index is 0.441. The first-order chi connectivity index (χ1) is 8.12. The highest BCUT2D eigenvalue weighted by atomic mass is 15.3. The molecule has 0 saturated carbocycles. The quantitative estimate of drug-likeness (QED) is 0.789. The van der Waals surface area contributed by atoms with Crippen LogP contribution in [0.3, 0.4) is 0 Å². The zero-order valence-corrected chi connectivity index (χ0v) is 12.0. The lowest BCUT2D eigenvalue weighted by Gasteiger charge is -2.22. The zero-order chi connectivity index (χ0) is 12.8. The molecule has 1 N–H and O–H groups in total. The molecule has 0 saturated heterocycles. The molecular formula is C14H27N3. The van der Waals surface area contributed by atoms with E-state index in [9.17, 15) is 0 Å². The van der Waals surface area contributed by atoms with Crippen molar-refractivity contribution in [3.05, 3.63) is 17.5 Å². The molecule has 1 unspecified atom stereocenters. The molecule has 0 aliphatic carbocycles. The van der Waals surface area contributed by atoms with E-state index in [1.54, 1.807) is 0 Å². The summed E-state index contributed by atoms with van der Waals surface area (Å²) in [6.45, 7) is 9.80. The zero-order valence-electron chi connectivity index (χ0n) is 12.0. The van der Waals surface area contributed by atoms with Gasteiger partial charge in [0, 0.05) is 13.1 Å². The Labute approximate surface area is 106 Å². The lowest BCUT2D eigenvalue weighted by Crippen LogP contribution is -2.25. The normalized spacial score (nSPS) is 13.3. The van der Waals surface area contributed by atoms with Crippen LogP contribution in [0.25, 0.3) is 0 Å². The van der Waals surface area contributed by atoms with Crippen LogP contribution in [-0.2, 0) is 7.05 Å². The van der Waals surface area contributed by atoms with Crippen molar-refractivity contribution in [1.82, 2.24) is 15.1 Å². The molecule has 0 fully saturated rings. The fraction of sp³-hybridized carbons (Fsp3) is 0.786. The van der Waals surface area contributed by atoms with Gasteiger partial charge in [-0.05, 0) is 31.9 Å². The van der Waals surface area contributed by atoms with E-state index in [1.807, 2.05) is 11.7 Å². The second-order valence-corrected chi connectivity index (χ2v) is 4.86. The van der Waals surface area contributed by atoms with Crippen LogP contribution in [0.5, 0.6) is 0 Å². The van der Waals surface area contributed by atoms with Crippen molar-refractivity contribution >= 4 is 0 Å². The van der Waals surface area contributed by atoms with E-state index in [0.29, 0.717) is 6.04 Å². The minimum absolute atomic E-state index is 0.441. The molecule has 0 aliphatic heterocycles. The summed E-state index contributed by atoms with van der Waals surface area (Å²) >= 11 is 0. The third kappa shape index (κ3) is 3.84. The molecule has 0 amide bonds. The summed E-state index contributed by atoms with van der Waals surface area (Å²) in [7, 11) is 2.04. The summed E-state index contributed by atoms with van der Waals surface area (Å²) in [5.41, 5.74) is 2.42. The maximum atomic E-state index is 4.45. The van der Waals surface area contributed by atoms with Crippen LogP contribution in [0.4, 0.5) is 0 Å². The molecular weight excluding hydrogens is 210 g/mol. The van der Waals surface area contributed by atoms with E-state index < -0.39 is 0 Å². The highest BCUT2D eigenvalue weighted by molar-refractivity contribution is 5.13. The molecule has 0 aromatic carbocycles. The lowest BCUT2D eigenvalue weighted by atomic mass is 9.93. The molecule has 0 spiro atoms. The number of aromatic nitrogens is 2. The van der Waals surface area contributed by atoms with Gasteiger partial charge in [0.15, 0.2) is 0 Å². The fourth-order valence-corrected chi connectivity index (χ4v) is 2.47. The highest BCUT2D eigenvalue weighted by Crippen LogP contribution is 2.25. The number of rotatable bonds is 7. The SMILES string of the molecule is CCNC(CC(CC)CC)c1cc(C)nn1C. The predicted octanol–water partition coefficient (Wildman–Crippen LogP) is 3.21. The maximum absolute atomic E-state index is 4.45. The van der Waals surface area contributed by atoms with Crippen molar-refractivity contribution in [3.8, 4) is 0 Å². The van der Waals surface area contributed by atoms with E-state index >= 15 is 0 Å². The Morgan fingerprint density at radius 2 is 1.94 bits per heavy atom. The lowest BCUT2D eigenvalue weighted by molar-refractivity contribution is 0.363. The van der Waals surface area contributed by atoms with Gasteiger partial charge in [-0.25, -0.2) is 0 Å². The van der Waals surface area contributed by atoms with Gasteiger partial charge in [-0.2, -0.15) is 5.10 Å². The number of nitrogens with zero attached hydrogens (tertiary/aromatic N) is 2. The molecule has 0 radical (unpaired) electrons. The van der Waals surface area contributed by atoms with Crippen molar-refractivity contribution in [2.24, 2.45) is 13.0 Å². The second-order valence-electron chi connectivity index (χ2n) is 4.86. The summed E-state index contributed by atoms with van der Waals surface area (Å²) in [6, 6.07) is 2.64. The van der Waals surface area contributed by atoms with Crippen LogP contribution in [0.15, 0.2) is 6.07 Å². The van der Waals surface area contributed by atoms with Crippen LogP contribution in [0.2, 0.25) is 0 Å². The molecule has 1 heterocycles. The highest BCUT2D eigenvalue weighted by Gasteiger charge is 2.18. The van der Waals surface area contributed by atoms with Gasteiger partial charge in [0.05, 0.1) is 11.4 Å². The van der Waals surface area contributed by atoms with Gasteiger partial charge < -0.3 is 5.32 Å². The van der Waals surface area contributed by atoms with Crippen molar-refractivity contribution in [3.63, 3.8) is 0 Å². The Balaban J connectivity index is 2.81. The van der Waals surface area contributed by atoms with Crippen molar-refractivity contribution in [2.45, 2.75) is 53.0 Å². The Hall–Kier alpha value is -0.830. The third-order valence-corrected chi connectivity index (χ3v) is 3.57. The first-order valence-electron chi connectivity index (χ1n) is 6.86. The van der Waals surface area contributed by atoms with Crippen molar-refractivity contribution in [1.29, 1.82) is 0 Å². The molecule has 1 aromatic heterocycles. The topological polar surface area (TPSA) is 29.9 Å². The van der Waals surface area contributed by atoms with Gasteiger partial charge in [-0.15, -0.1) is 0 Å². The third-order valence-electron chi connectivity index (χ3n) is 3.57. The Kier molecular flexibility index (Phi) is 5.69. The molecule has 0 bridgehead atoms. The molecule has 1 aromatic rings. The summed E-state index contributed by atoms with van der Waals surface area (Å²) < 4.78 is 2.02. The van der Waals surface area contributed by atoms with Gasteiger partial charge in [-0.1, -0.05) is 33.6 Å². The Bertz CT molecular complexity index is 326. The average molecular weight is 237 g/mol. The summed E-state index contributed by atoms with van der Waals surface area (Å²) in [5.74, 6) is 0.800. The number of aryl methyl sites for hydroxylation is 2. The Morgan fingerprint density at radius 3 is 2.35 bits per heavy atom. The van der Waals surface area contributed by atoms with Gasteiger partial charge >= 0.3 is 0 Å².